The Balaban J connectivity index is 1.49. The van der Waals surface area contributed by atoms with Gasteiger partial charge in [0.1, 0.15) is 6.33 Å². The zero-order valence-electron chi connectivity index (χ0n) is 13.0. The highest BCUT2D eigenvalue weighted by atomic mass is 16.5. The molecule has 4 rings (SSSR count). The van der Waals surface area contributed by atoms with E-state index in [4.69, 9.17) is 4.74 Å². The Bertz CT molecular complexity index is 697. The van der Waals surface area contributed by atoms with Crippen LogP contribution in [-0.4, -0.2) is 34.1 Å². The maximum absolute atomic E-state index is 5.76. The Morgan fingerprint density at radius 1 is 1.17 bits per heavy atom. The predicted octanol–water partition coefficient (Wildman–Crippen LogP) is 3.47. The van der Waals surface area contributed by atoms with Gasteiger partial charge in [0.2, 0.25) is 0 Å². The number of rotatable bonds is 4. The lowest BCUT2D eigenvalue weighted by Crippen LogP contribution is -2.13. The minimum atomic E-state index is 0.429. The van der Waals surface area contributed by atoms with Gasteiger partial charge in [0.05, 0.1) is 11.8 Å². The second-order valence-electron chi connectivity index (χ2n) is 6.14. The summed E-state index contributed by atoms with van der Waals surface area (Å²) in [5.74, 6) is 1.31. The van der Waals surface area contributed by atoms with Gasteiger partial charge in [-0.05, 0) is 37.2 Å². The van der Waals surface area contributed by atoms with Crippen LogP contribution in [0.5, 0.6) is 0 Å². The normalized spacial score (nSPS) is 23.9. The van der Waals surface area contributed by atoms with Crippen molar-refractivity contribution >= 4 is 11.9 Å². The fourth-order valence-corrected chi connectivity index (χ4v) is 3.27. The summed E-state index contributed by atoms with van der Waals surface area (Å²) in [6.45, 7) is 0.922. The molecule has 1 aromatic heterocycles. The van der Waals surface area contributed by atoms with E-state index in [0.717, 1.165) is 42.1 Å². The molecule has 0 spiro atoms. The summed E-state index contributed by atoms with van der Waals surface area (Å²) in [5.41, 5.74) is 3.23. The summed E-state index contributed by atoms with van der Waals surface area (Å²) >= 11 is 0. The summed E-state index contributed by atoms with van der Waals surface area (Å²) in [7, 11) is 0. The minimum Gasteiger partial charge on any atom is -0.378 e. The molecular formula is C18H20N4O. The standard InChI is InChI=1S/C18H20N4O/c1-2-16(23-9-1)10-13-7-8-19-17(11-13)14-3-5-15(6-4-14)18-20-12-21-22-18/h3-6,8,11-13,16H,1-2,7,9-10H2,(H,20,21,22)/t13-,16?/m0/s1. The van der Waals surface area contributed by atoms with Crippen LogP contribution in [0, 0.1) is 5.92 Å². The molecule has 118 valence electrons. The zero-order valence-corrected chi connectivity index (χ0v) is 13.0. The van der Waals surface area contributed by atoms with E-state index in [2.05, 4.69) is 50.5 Å². The Kier molecular flexibility index (Phi) is 4.03. The van der Waals surface area contributed by atoms with Crippen molar-refractivity contribution in [3.63, 3.8) is 0 Å². The molecule has 1 fully saturated rings. The lowest BCUT2D eigenvalue weighted by molar-refractivity contribution is 0.0956. The summed E-state index contributed by atoms with van der Waals surface area (Å²) in [6.07, 6.45) is 10.8. The first-order valence-electron chi connectivity index (χ1n) is 8.20. The number of nitrogens with zero attached hydrogens (tertiary/aromatic N) is 3. The average molecular weight is 308 g/mol. The van der Waals surface area contributed by atoms with Gasteiger partial charge in [0, 0.05) is 18.4 Å². The minimum absolute atomic E-state index is 0.429. The van der Waals surface area contributed by atoms with Crippen LogP contribution >= 0.6 is 0 Å². The molecule has 2 aromatic rings. The number of ether oxygens (including phenoxy) is 1. The second kappa shape index (κ2) is 6.46. The number of aromatic nitrogens is 3. The molecule has 0 aliphatic carbocycles. The lowest BCUT2D eigenvalue weighted by Gasteiger charge is -2.19. The van der Waals surface area contributed by atoms with E-state index in [-0.39, 0.29) is 0 Å². The number of benzene rings is 1. The summed E-state index contributed by atoms with van der Waals surface area (Å²) < 4.78 is 5.76. The van der Waals surface area contributed by atoms with Crippen molar-refractivity contribution in [1.29, 1.82) is 0 Å². The van der Waals surface area contributed by atoms with E-state index in [9.17, 15) is 0 Å². The Morgan fingerprint density at radius 2 is 2.04 bits per heavy atom. The van der Waals surface area contributed by atoms with E-state index < -0.39 is 0 Å². The van der Waals surface area contributed by atoms with Crippen molar-refractivity contribution in [3.8, 4) is 11.4 Å². The highest BCUT2D eigenvalue weighted by Gasteiger charge is 2.21. The van der Waals surface area contributed by atoms with Crippen LogP contribution in [0.4, 0.5) is 0 Å². The molecule has 2 aliphatic rings. The first-order chi connectivity index (χ1) is 11.4. The molecule has 3 heterocycles. The molecular weight excluding hydrogens is 288 g/mol. The SMILES string of the molecule is C1=NC(c2ccc(-c3ncn[nH]3)cc2)=C[C@H](CC2CCCO2)C1. The van der Waals surface area contributed by atoms with Crippen molar-refractivity contribution in [3.05, 3.63) is 42.2 Å². The van der Waals surface area contributed by atoms with Gasteiger partial charge in [-0.15, -0.1) is 0 Å². The van der Waals surface area contributed by atoms with Gasteiger partial charge in [-0.3, -0.25) is 10.1 Å². The van der Waals surface area contributed by atoms with Crippen LogP contribution in [0.15, 0.2) is 41.7 Å². The Hall–Kier alpha value is -2.27. The fourth-order valence-electron chi connectivity index (χ4n) is 3.27. The molecule has 23 heavy (non-hydrogen) atoms. The van der Waals surface area contributed by atoms with E-state index >= 15 is 0 Å². The molecule has 0 amide bonds. The van der Waals surface area contributed by atoms with Gasteiger partial charge in [0.25, 0.3) is 0 Å². The van der Waals surface area contributed by atoms with E-state index in [1.54, 1.807) is 0 Å². The number of nitrogens with one attached hydrogen (secondary N) is 1. The lowest BCUT2D eigenvalue weighted by atomic mass is 9.93. The molecule has 0 saturated carbocycles. The van der Waals surface area contributed by atoms with Crippen molar-refractivity contribution in [2.75, 3.05) is 6.61 Å². The van der Waals surface area contributed by atoms with Crippen LogP contribution in [-0.2, 0) is 4.74 Å². The highest BCUT2D eigenvalue weighted by molar-refractivity contribution is 5.77. The van der Waals surface area contributed by atoms with Gasteiger partial charge in [-0.2, -0.15) is 5.10 Å². The molecule has 0 radical (unpaired) electrons. The molecule has 0 bridgehead atoms. The number of allylic oxidation sites excluding steroid dienone is 1. The van der Waals surface area contributed by atoms with E-state index in [1.807, 2.05) is 6.21 Å². The molecule has 1 N–H and O–H groups in total. The molecule has 2 atom stereocenters. The van der Waals surface area contributed by atoms with Crippen molar-refractivity contribution < 1.29 is 4.74 Å². The average Bonchev–Trinajstić information content (AvgIpc) is 3.29. The number of aromatic amines is 1. The monoisotopic (exact) mass is 308 g/mol. The third-order valence-electron chi connectivity index (χ3n) is 4.49. The van der Waals surface area contributed by atoms with Crippen molar-refractivity contribution in [2.45, 2.75) is 31.8 Å². The van der Waals surface area contributed by atoms with Crippen LogP contribution in [0.25, 0.3) is 17.1 Å². The van der Waals surface area contributed by atoms with Gasteiger partial charge in [0.15, 0.2) is 5.82 Å². The van der Waals surface area contributed by atoms with Crippen molar-refractivity contribution in [2.24, 2.45) is 10.9 Å². The topological polar surface area (TPSA) is 63.2 Å². The third-order valence-corrected chi connectivity index (χ3v) is 4.49. The number of H-pyrrole nitrogens is 1. The van der Waals surface area contributed by atoms with Crippen molar-refractivity contribution in [1.82, 2.24) is 15.2 Å². The summed E-state index contributed by atoms with van der Waals surface area (Å²) in [6, 6.07) is 8.29. The largest absolute Gasteiger partial charge is 0.378 e. The summed E-state index contributed by atoms with van der Waals surface area (Å²) in [5, 5.41) is 6.77. The van der Waals surface area contributed by atoms with Crippen LogP contribution < -0.4 is 0 Å². The van der Waals surface area contributed by atoms with E-state index in [0.29, 0.717) is 12.0 Å². The van der Waals surface area contributed by atoms with Gasteiger partial charge in [-0.25, -0.2) is 4.98 Å². The molecule has 1 saturated heterocycles. The predicted molar refractivity (Wildman–Crippen MR) is 90.0 cm³/mol. The molecule has 5 heteroatoms. The molecule has 5 nitrogen and oxygen atoms in total. The van der Waals surface area contributed by atoms with Gasteiger partial charge < -0.3 is 4.74 Å². The van der Waals surface area contributed by atoms with Crippen LogP contribution in [0.3, 0.4) is 0 Å². The smallest absolute Gasteiger partial charge is 0.155 e. The number of hydrogen-bond donors (Lipinski definition) is 1. The maximum Gasteiger partial charge on any atom is 0.155 e. The summed E-state index contributed by atoms with van der Waals surface area (Å²) in [4.78, 5) is 8.75. The zero-order chi connectivity index (χ0) is 15.5. The van der Waals surface area contributed by atoms with E-state index in [1.165, 1.54) is 19.2 Å². The molecule has 1 aromatic carbocycles. The Labute approximate surface area is 135 Å². The molecule has 1 unspecified atom stereocenters. The maximum atomic E-state index is 5.76. The number of hydrogen-bond acceptors (Lipinski definition) is 4. The third kappa shape index (κ3) is 3.24. The van der Waals surface area contributed by atoms with Crippen LogP contribution in [0.2, 0.25) is 0 Å². The molecule has 2 aliphatic heterocycles. The quantitative estimate of drug-likeness (QED) is 0.940. The first-order valence-corrected chi connectivity index (χ1v) is 8.20. The highest BCUT2D eigenvalue weighted by Crippen LogP contribution is 2.29. The van der Waals surface area contributed by atoms with Crippen LogP contribution in [0.1, 0.15) is 31.2 Å². The second-order valence-corrected chi connectivity index (χ2v) is 6.14. The Morgan fingerprint density at radius 3 is 2.78 bits per heavy atom. The van der Waals surface area contributed by atoms with Gasteiger partial charge in [-0.1, -0.05) is 30.3 Å². The van der Waals surface area contributed by atoms with Gasteiger partial charge >= 0.3 is 0 Å². The number of aliphatic imine (C=N–C) groups is 1. The first kappa shape index (κ1) is 14.3. The fraction of sp³-hybridized carbons (Fsp3) is 0.389.